The molecule has 0 aliphatic heterocycles. The minimum Gasteiger partial charge on any atom is -0.366 e. The predicted octanol–water partition coefficient (Wildman–Crippen LogP) is 1.71. The number of nitrogens with two attached hydrogens (primary N) is 1. The highest BCUT2D eigenvalue weighted by molar-refractivity contribution is 5.95. The predicted molar refractivity (Wildman–Crippen MR) is 46.6 cm³/mol. The lowest BCUT2D eigenvalue weighted by Crippen LogP contribution is -2.19. The summed E-state index contributed by atoms with van der Waals surface area (Å²) < 4.78 is 37.1. The molecule has 0 aromatic heterocycles. The summed E-state index contributed by atoms with van der Waals surface area (Å²) in [6.07, 6.45) is -4.78. The van der Waals surface area contributed by atoms with Crippen LogP contribution in [0.15, 0.2) is 18.2 Å². The largest absolute Gasteiger partial charge is 0.417 e. The zero-order valence-corrected chi connectivity index (χ0v) is 7.62. The van der Waals surface area contributed by atoms with Crippen molar-refractivity contribution in [1.29, 1.82) is 0 Å². The number of nitro benzene ring substituents is 1. The average Bonchev–Trinajstić information content (AvgIpc) is 2.15. The van der Waals surface area contributed by atoms with E-state index in [9.17, 15) is 28.1 Å². The molecule has 0 spiro atoms. The Kier molecular flexibility index (Phi) is 2.84. The van der Waals surface area contributed by atoms with E-state index in [0.717, 1.165) is 0 Å². The summed E-state index contributed by atoms with van der Waals surface area (Å²) in [7, 11) is 0. The molecule has 8 heteroatoms. The van der Waals surface area contributed by atoms with Crippen LogP contribution in [0.3, 0.4) is 0 Å². The molecule has 0 aliphatic rings. The van der Waals surface area contributed by atoms with Gasteiger partial charge in [0.05, 0.1) is 16.1 Å². The standard InChI is InChI=1S/C8H5F3N2O3/c9-8(10,11)6-2-1-4(13(15)16)3-5(6)7(12)14/h1-3H,(H2,12,14). The lowest BCUT2D eigenvalue weighted by molar-refractivity contribution is -0.384. The summed E-state index contributed by atoms with van der Waals surface area (Å²) in [5, 5.41) is 10.3. The van der Waals surface area contributed by atoms with Gasteiger partial charge in [-0.2, -0.15) is 13.2 Å². The van der Waals surface area contributed by atoms with Crippen molar-refractivity contribution >= 4 is 11.6 Å². The first-order chi connectivity index (χ1) is 7.23. The van der Waals surface area contributed by atoms with Gasteiger partial charge >= 0.3 is 6.18 Å². The summed E-state index contributed by atoms with van der Waals surface area (Å²) in [5.74, 6) is -1.36. The van der Waals surface area contributed by atoms with E-state index in [1.807, 2.05) is 0 Å². The molecule has 0 radical (unpaired) electrons. The first-order valence-corrected chi connectivity index (χ1v) is 3.89. The van der Waals surface area contributed by atoms with Crippen LogP contribution in [0.4, 0.5) is 18.9 Å². The van der Waals surface area contributed by atoms with E-state index in [1.54, 1.807) is 0 Å². The highest BCUT2D eigenvalue weighted by Gasteiger charge is 2.35. The van der Waals surface area contributed by atoms with E-state index < -0.39 is 33.8 Å². The van der Waals surface area contributed by atoms with Crippen molar-refractivity contribution in [3.8, 4) is 0 Å². The third-order valence-corrected chi connectivity index (χ3v) is 1.78. The van der Waals surface area contributed by atoms with Crippen LogP contribution in [0.5, 0.6) is 0 Å². The second kappa shape index (κ2) is 3.80. The van der Waals surface area contributed by atoms with Crippen molar-refractivity contribution in [3.05, 3.63) is 39.4 Å². The molecule has 5 nitrogen and oxygen atoms in total. The maximum atomic E-state index is 12.4. The third-order valence-electron chi connectivity index (χ3n) is 1.78. The van der Waals surface area contributed by atoms with Crippen molar-refractivity contribution in [1.82, 2.24) is 0 Å². The van der Waals surface area contributed by atoms with Gasteiger partial charge in [-0.3, -0.25) is 14.9 Å². The number of carbonyl (C=O) groups excluding carboxylic acids is 1. The van der Waals surface area contributed by atoms with Gasteiger partial charge in [0.2, 0.25) is 5.91 Å². The van der Waals surface area contributed by atoms with Gasteiger partial charge < -0.3 is 5.73 Å². The SMILES string of the molecule is NC(=O)c1cc([N+](=O)[O-])ccc1C(F)(F)F. The van der Waals surface area contributed by atoms with Crippen LogP contribution in [0.25, 0.3) is 0 Å². The molecule has 2 N–H and O–H groups in total. The Labute approximate surface area is 86.8 Å². The molecule has 0 unspecified atom stereocenters. The highest BCUT2D eigenvalue weighted by Crippen LogP contribution is 2.33. The van der Waals surface area contributed by atoms with E-state index in [1.165, 1.54) is 0 Å². The lowest BCUT2D eigenvalue weighted by atomic mass is 10.1. The molecule has 1 amide bonds. The van der Waals surface area contributed by atoms with Gasteiger partial charge in [0.25, 0.3) is 5.69 Å². The van der Waals surface area contributed by atoms with Crippen LogP contribution in [0, 0.1) is 10.1 Å². The Balaban J connectivity index is 3.43. The Hall–Kier alpha value is -2.12. The normalized spacial score (nSPS) is 11.2. The maximum Gasteiger partial charge on any atom is 0.417 e. The molecule has 1 aromatic carbocycles. The van der Waals surface area contributed by atoms with Crippen LogP contribution in [0.1, 0.15) is 15.9 Å². The first kappa shape index (κ1) is 12.0. The molecule has 1 aromatic rings. The molecule has 16 heavy (non-hydrogen) atoms. The number of rotatable bonds is 2. The van der Waals surface area contributed by atoms with Crippen LogP contribution >= 0.6 is 0 Å². The number of alkyl halides is 3. The number of non-ortho nitro benzene ring substituents is 1. The fourth-order valence-electron chi connectivity index (χ4n) is 1.10. The summed E-state index contributed by atoms with van der Waals surface area (Å²) in [6, 6.07) is 1.62. The van der Waals surface area contributed by atoms with Crippen molar-refractivity contribution in [2.24, 2.45) is 5.73 Å². The molecule has 0 fully saturated rings. The highest BCUT2D eigenvalue weighted by atomic mass is 19.4. The van der Waals surface area contributed by atoms with E-state index in [2.05, 4.69) is 0 Å². The Bertz CT molecular complexity index is 456. The molecule has 0 atom stereocenters. The summed E-state index contributed by atoms with van der Waals surface area (Å²) >= 11 is 0. The molecular formula is C8H5F3N2O3. The molecular weight excluding hydrogens is 229 g/mol. The van der Waals surface area contributed by atoms with Crippen molar-refractivity contribution in [2.75, 3.05) is 0 Å². The molecule has 0 saturated heterocycles. The fraction of sp³-hybridized carbons (Fsp3) is 0.125. The van der Waals surface area contributed by atoms with Crippen LogP contribution in [-0.2, 0) is 6.18 Å². The minimum absolute atomic E-state index is 0.457. The summed E-state index contributed by atoms with van der Waals surface area (Å²) in [6.45, 7) is 0. The molecule has 0 aliphatic carbocycles. The number of benzene rings is 1. The van der Waals surface area contributed by atoms with Crippen LogP contribution in [0.2, 0.25) is 0 Å². The van der Waals surface area contributed by atoms with Gasteiger partial charge in [-0.05, 0) is 6.07 Å². The average molecular weight is 234 g/mol. The number of hydrogen-bond donors (Lipinski definition) is 1. The van der Waals surface area contributed by atoms with Gasteiger partial charge in [0.1, 0.15) is 0 Å². The third kappa shape index (κ3) is 2.27. The number of carbonyl (C=O) groups is 1. The minimum atomic E-state index is -4.78. The maximum absolute atomic E-state index is 12.4. The Morgan fingerprint density at radius 1 is 1.38 bits per heavy atom. The topological polar surface area (TPSA) is 86.2 Å². The van der Waals surface area contributed by atoms with Gasteiger partial charge in [-0.1, -0.05) is 0 Å². The van der Waals surface area contributed by atoms with E-state index in [-0.39, 0.29) is 0 Å². The van der Waals surface area contributed by atoms with Crippen LogP contribution in [-0.4, -0.2) is 10.8 Å². The zero-order valence-electron chi connectivity index (χ0n) is 7.62. The Morgan fingerprint density at radius 2 is 1.94 bits per heavy atom. The van der Waals surface area contributed by atoms with Gasteiger partial charge in [0, 0.05) is 12.1 Å². The first-order valence-electron chi connectivity index (χ1n) is 3.89. The molecule has 0 heterocycles. The Morgan fingerprint density at radius 3 is 2.31 bits per heavy atom. The van der Waals surface area contributed by atoms with Crippen LogP contribution < -0.4 is 5.73 Å². The fourth-order valence-corrected chi connectivity index (χ4v) is 1.10. The summed E-state index contributed by atoms with van der Waals surface area (Å²) in [4.78, 5) is 20.1. The number of primary amides is 1. The number of nitro groups is 1. The van der Waals surface area contributed by atoms with E-state index >= 15 is 0 Å². The van der Waals surface area contributed by atoms with Gasteiger partial charge in [-0.25, -0.2) is 0 Å². The smallest absolute Gasteiger partial charge is 0.366 e. The second-order valence-electron chi connectivity index (χ2n) is 2.85. The zero-order chi connectivity index (χ0) is 12.5. The van der Waals surface area contributed by atoms with Crippen molar-refractivity contribution in [3.63, 3.8) is 0 Å². The summed E-state index contributed by atoms with van der Waals surface area (Å²) in [5.41, 5.74) is 1.89. The van der Waals surface area contributed by atoms with E-state index in [0.29, 0.717) is 18.2 Å². The molecule has 86 valence electrons. The molecule has 0 saturated carbocycles. The molecule has 1 rings (SSSR count). The monoisotopic (exact) mass is 234 g/mol. The van der Waals surface area contributed by atoms with Gasteiger partial charge in [0.15, 0.2) is 0 Å². The number of hydrogen-bond acceptors (Lipinski definition) is 3. The van der Waals surface area contributed by atoms with Crippen molar-refractivity contribution in [2.45, 2.75) is 6.18 Å². The van der Waals surface area contributed by atoms with E-state index in [4.69, 9.17) is 5.73 Å². The lowest BCUT2D eigenvalue weighted by Gasteiger charge is -2.09. The number of amides is 1. The number of halogens is 3. The van der Waals surface area contributed by atoms with Crippen molar-refractivity contribution < 1.29 is 22.9 Å². The molecule has 0 bridgehead atoms. The van der Waals surface area contributed by atoms with Gasteiger partial charge in [-0.15, -0.1) is 0 Å². The number of nitrogens with zero attached hydrogens (tertiary/aromatic N) is 1. The quantitative estimate of drug-likeness (QED) is 0.624. The second-order valence-corrected chi connectivity index (χ2v) is 2.85.